The standard InChI is InChI=1S/C19H26N4O/c1-12(2)23-16-7-5-4-6-14(16)18(21-23)19(24)20-15-10-8-13-9-11-17(15)22(13)3/h4-7,12-13,15,17H,8-11H2,1-3H3,(H,20,24). The van der Waals surface area contributed by atoms with Crippen molar-refractivity contribution in [3.8, 4) is 0 Å². The predicted molar refractivity (Wildman–Crippen MR) is 95.2 cm³/mol. The topological polar surface area (TPSA) is 50.2 Å². The first-order chi connectivity index (χ1) is 11.6. The average Bonchev–Trinajstić information content (AvgIpc) is 3.05. The number of para-hydroxylation sites is 1. The third kappa shape index (κ3) is 2.42. The fourth-order valence-electron chi connectivity index (χ4n) is 4.49. The van der Waals surface area contributed by atoms with Crippen molar-refractivity contribution in [2.75, 3.05) is 7.05 Å². The quantitative estimate of drug-likeness (QED) is 0.943. The minimum Gasteiger partial charge on any atom is -0.346 e. The van der Waals surface area contributed by atoms with Crippen LogP contribution in [0.5, 0.6) is 0 Å². The monoisotopic (exact) mass is 326 g/mol. The minimum atomic E-state index is -0.0330. The number of carbonyl (C=O) groups is 1. The molecule has 3 atom stereocenters. The highest BCUT2D eigenvalue weighted by Crippen LogP contribution is 2.34. The molecule has 0 saturated carbocycles. The van der Waals surface area contributed by atoms with Gasteiger partial charge in [0.1, 0.15) is 0 Å². The zero-order valence-corrected chi connectivity index (χ0v) is 14.7. The highest BCUT2D eigenvalue weighted by molar-refractivity contribution is 6.05. The summed E-state index contributed by atoms with van der Waals surface area (Å²) in [6.07, 6.45) is 4.71. The molecule has 4 rings (SSSR count). The molecular weight excluding hydrogens is 300 g/mol. The van der Waals surface area contributed by atoms with Gasteiger partial charge in [-0.2, -0.15) is 5.10 Å². The molecule has 2 saturated heterocycles. The summed E-state index contributed by atoms with van der Waals surface area (Å²) in [5.74, 6) is -0.0330. The van der Waals surface area contributed by atoms with Gasteiger partial charge in [0.2, 0.25) is 0 Å². The van der Waals surface area contributed by atoms with Gasteiger partial charge in [-0.15, -0.1) is 0 Å². The largest absolute Gasteiger partial charge is 0.346 e. The summed E-state index contributed by atoms with van der Waals surface area (Å²) >= 11 is 0. The maximum atomic E-state index is 12.9. The van der Waals surface area contributed by atoms with E-state index in [4.69, 9.17) is 0 Å². The third-order valence-electron chi connectivity index (χ3n) is 5.80. The molecule has 1 N–H and O–H groups in total. The van der Waals surface area contributed by atoms with Crippen LogP contribution in [0.15, 0.2) is 24.3 Å². The van der Waals surface area contributed by atoms with E-state index < -0.39 is 0 Å². The molecule has 5 nitrogen and oxygen atoms in total. The zero-order valence-electron chi connectivity index (χ0n) is 14.7. The van der Waals surface area contributed by atoms with E-state index in [1.165, 1.54) is 19.3 Å². The lowest BCUT2D eigenvalue weighted by Crippen LogP contribution is -2.53. The van der Waals surface area contributed by atoms with Gasteiger partial charge in [0.05, 0.1) is 5.52 Å². The number of aromatic nitrogens is 2. The number of nitrogens with one attached hydrogen (secondary N) is 1. The van der Waals surface area contributed by atoms with Crippen molar-refractivity contribution in [1.82, 2.24) is 20.0 Å². The van der Waals surface area contributed by atoms with Gasteiger partial charge in [-0.1, -0.05) is 18.2 Å². The number of nitrogens with zero attached hydrogens (tertiary/aromatic N) is 3. The fourth-order valence-corrected chi connectivity index (χ4v) is 4.49. The molecule has 2 bridgehead atoms. The summed E-state index contributed by atoms with van der Waals surface area (Å²) in [5, 5.41) is 8.85. The first-order valence-corrected chi connectivity index (χ1v) is 9.06. The van der Waals surface area contributed by atoms with Crippen LogP contribution in [0.25, 0.3) is 10.9 Å². The highest BCUT2D eigenvalue weighted by Gasteiger charge is 2.40. The van der Waals surface area contributed by atoms with Gasteiger partial charge in [0.15, 0.2) is 5.69 Å². The highest BCUT2D eigenvalue weighted by atomic mass is 16.2. The number of rotatable bonds is 3. The Morgan fingerprint density at radius 2 is 1.96 bits per heavy atom. The number of piperidine rings is 1. The van der Waals surface area contributed by atoms with Crippen molar-refractivity contribution < 1.29 is 4.79 Å². The van der Waals surface area contributed by atoms with Crippen LogP contribution >= 0.6 is 0 Å². The molecule has 0 radical (unpaired) electrons. The van der Waals surface area contributed by atoms with E-state index >= 15 is 0 Å². The lowest BCUT2D eigenvalue weighted by atomic mass is 9.97. The molecule has 3 heterocycles. The molecule has 24 heavy (non-hydrogen) atoms. The Hall–Kier alpha value is -1.88. The van der Waals surface area contributed by atoms with Crippen LogP contribution in [0.1, 0.15) is 56.1 Å². The number of fused-ring (bicyclic) bond motifs is 3. The Balaban J connectivity index is 1.62. The van der Waals surface area contributed by atoms with Gasteiger partial charge in [0, 0.05) is 29.6 Å². The Kier molecular flexibility index (Phi) is 3.83. The molecular formula is C19H26N4O. The van der Waals surface area contributed by atoms with E-state index in [1.807, 2.05) is 28.9 Å². The molecule has 2 aromatic rings. The number of hydrogen-bond donors (Lipinski definition) is 1. The Morgan fingerprint density at radius 1 is 1.21 bits per heavy atom. The third-order valence-corrected chi connectivity index (χ3v) is 5.80. The maximum Gasteiger partial charge on any atom is 0.272 e. The number of likely N-dealkylation sites (N-methyl/N-ethyl adjacent to an activating group) is 1. The molecule has 2 aliphatic heterocycles. The van der Waals surface area contributed by atoms with Crippen molar-refractivity contribution in [2.24, 2.45) is 0 Å². The summed E-state index contributed by atoms with van der Waals surface area (Å²) in [6.45, 7) is 4.19. The SMILES string of the molecule is CC(C)n1nc(C(=O)NC2CCC3CCC2N3C)c2ccccc21. The summed E-state index contributed by atoms with van der Waals surface area (Å²) in [6, 6.07) is 9.66. The molecule has 1 aromatic heterocycles. The number of benzene rings is 1. The average molecular weight is 326 g/mol. The van der Waals surface area contributed by atoms with Gasteiger partial charge in [-0.25, -0.2) is 0 Å². The summed E-state index contributed by atoms with van der Waals surface area (Å²) in [4.78, 5) is 15.4. The molecule has 0 aliphatic carbocycles. The molecule has 2 fully saturated rings. The van der Waals surface area contributed by atoms with Gasteiger partial charge in [-0.3, -0.25) is 14.4 Å². The first-order valence-electron chi connectivity index (χ1n) is 9.06. The number of amides is 1. The fraction of sp³-hybridized carbons (Fsp3) is 0.579. The second-order valence-electron chi connectivity index (χ2n) is 7.53. The van der Waals surface area contributed by atoms with Crippen molar-refractivity contribution in [3.63, 3.8) is 0 Å². The van der Waals surface area contributed by atoms with Crippen LogP contribution < -0.4 is 5.32 Å². The zero-order chi connectivity index (χ0) is 16.8. The lowest BCUT2D eigenvalue weighted by molar-refractivity contribution is 0.0851. The van der Waals surface area contributed by atoms with Gasteiger partial charge in [0.25, 0.3) is 5.91 Å². The van der Waals surface area contributed by atoms with Crippen LogP contribution in [-0.2, 0) is 0 Å². The van der Waals surface area contributed by atoms with E-state index in [2.05, 4.69) is 36.2 Å². The van der Waals surface area contributed by atoms with Crippen LogP contribution in [-0.4, -0.2) is 45.8 Å². The van der Waals surface area contributed by atoms with Crippen LogP contribution in [0.2, 0.25) is 0 Å². The minimum absolute atomic E-state index is 0.0330. The summed E-state index contributed by atoms with van der Waals surface area (Å²) in [5.41, 5.74) is 1.58. The van der Waals surface area contributed by atoms with Gasteiger partial charge < -0.3 is 5.32 Å². The van der Waals surface area contributed by atoms with Crippen molar-refractivity contribution in [1.29, 1.82) is 0 Å². The normalized spacial score (nSPS) is 27.1. The molecule has 3 unspecified atom stereocenters. The van der Waals surface area contributed by atoms with E-state index in [1.54, 1.807) is 0 Å². The second-order valence-corrected chi connectivity index (χ2v) is 7.53. The predicted octanol–water partition coefficient (Wildman–Crippen LogP) is 2.97. The second kappa shape index (κ2) is 5.88. The number of carbonyl (C=O) groups excluding carboxylic acids is 1. The van der Waals surface area contributed by atoms with Crippen molar-refractivity contribution >= 4 is 16.8 Å². The van der Waals surface area contributed by atoms with Crippen LogP contribution in [0.4, 0.5) is 0 Å². The summed E-state index contributed by atoms with van der Waals surface area (Å²) < 4.78 is 1.95. The Bertz CT molecular complexity index is 766. The lowest BCUT2D eigenvalue weighted by Gasteiger charge is -2.37. The Morgan fingerprint density at radius 3 is 2.75 bits per heavy atom. The summed E-state index contributed by atoms with van der Waals surface area (Å²) in [7, 11) is 2.20. The molecule has 5 heteroatoms. The number of hydrogen-bond acceptors (Lipinski definition) is 3. The maximum absolute atomic E-state index is 12.9. The molecule has 1 amide bonds. The molecule has 0 spiro atoms. The van der Waals surface area contributed by atoms with Gasteiger partial charge >= 0.3 is 0 Å². The molecule has 128 valence electrons. The van der Waals surface area contributed by atoms with E-state index in [9.17, 15) is 4.79 Å². The van der Waals surface area contributed by atoms with E-state index in [-0.39, 0.29) is 18.0 Å². The van der Waals surface area contributed by atoms with Crippen molar-refractivity contribution in [2.45, 2.75) is 63.7 Å². The molecule has 1 aromatic carbocycles. The van der Waals surface area contributed by atoms with Crippen molar-refractivity contribution in [3.05, 3.63) is 30.0 Å². The Labute approximate surface area is 143 Å². The van der Waals surface area contributed by atoms with E-state index in [0.29, 0.717) is 17.8 Å². The van der Waals surface area contributed by atoms with Gasteiger partial charge in [-0.05, 0) is 52.6 Å². The van der Waals surface area contributed by atoms with E-state index in [0.717, 1.165) is 17.3 Å². The smallest absolute Gasteiger partial charge is 0.272 e. The molecule has 2 aliphatic rings. The first kappa shape index (κ1) is 15.6. The van der Waals surface area contributed by atoms with Crippen LogP contribution in [0.3, 0.4) is 0 Å². The van der Waals surface area contributed by atoms with Crippen LogP contribution in [0, 0.1) is 0 Å².